The van der Waals surface area contributed by atoms with Crippen LogP contribution in [0.3, 0.4) is 0 Å². The third-order valence-electron chi connectivity index (χ3n) is 4.45. The van der Waals surface area contributed by atoms with Gasteiger partial charge in [0.1, 0.15) is 0 Å². The summed E-state index contributed by atoms with van der Waals surface area (Å²) < 4.78 is 1.14. The molecular weight excluding hydrogens is 322 g/mol. The van der Waals surface area contributed by atoms with Crippen LogP contribution in [0.1, 0.15) is 28.7 Å². The molecule has 1 unspecified atom stereocenters. The van der Waals surface area contributed by atoms with Crippen LogP contribution < -0.4 is 5.32 Å². The van der Waals surface area contributed by atoms with Crippen molar-refractivity contribution < 1.29 is 0 Å². The molecule has 0 radical (unpaired) electrons. The zero-order valence-electron chi connectivity index (χ0n) is 12.5. The number of fused-ring (bicyclic) bond motifs is 1. The van der Waals surface area contributed by atoms with Crippen LogP contribution in [-0.4, -0.2) is 13.1 Å². The molecule has 0 heterocycles. The molecule has 2 aromatic carbocycles. The first-order valence-electron chi connectivity index (χ1n) is 7.77. The van der Waals surface area contributed by atoms with Gasteiger partial charge in [-0.15, -0.1) is 0 Å². The van der Waals surface area contributed by atoms with Gasteiger partial charge in [0.15, 0.2) is 0 Å². The fraction of sp³-hybridized carbons (Fsp3) is 0.368. The minimum Gasteiger partial charge on any atom is -0.316 e. The van der Waals surface area contributed by atoms with E-state index in [4.69, 9.17) is 0 Å². The van der Waals surface area contributed by atoms with Gasteiger partial charge in [0.2, 0.25) is 0 Å². The Balaban J connectivity index is 1.68. The largest absolute Gasteiger partial charge is 0.316 e. The molecule has 0 aliphatic heterocycles. The molecule has 0 spiro atoms. The third kappa shape index (κ3) is 3.75. The van der Waals surface area contributed by atoms with Crippen molar-refractivity contribution in [1.29, 1.82) is 0 Å². The first-order chi connectivity index (χ1) is 10.2. The number of likely N-dealkylation sites (N-methyl/N-ethyl adjacent to an activating group) is 1. The van der Waals surface area contributed by atoms with E-state index in [1.54, 1.807) is 11.1 Å². The summed E-state index contributed by atoms with van der Waals surface area (Å²) in [6.07, 6.45) is 6.03. The summed E-state index contributed by atoms with van der Waals surface area (Å²) in [5, 5.41) is 3.47. The van der Waals surface area contributed by atoms with Crippen LogP contribution in [0.2, 0.25) is 0 Å². The summed E-state index contributed by atoms with van der Waals surface area (Å²) in [5.74, 6) is 0. The van der Waals surface area contributed by atoms with E-state index in [0.29, 0.717) is 6.04 Å². The average molecular weight is 344 g/mol. The van der Waals surface area contributed by atoms with Gasteiger partial charge in [0.25, 0.3) is 0 Å². The molecule has 1 atom stereocenters. The van der Waals surface area contributed by atoms with Crippen LogP contribution in [0.15, 0.2) is 46.9 Å². The monoisotopic (exact) mass is 343 g/mol. The summed E-state index contributed by atoms with van der Waals surface area (Å²) in [7, 11) is 2.07. The van der Waals surface area contributed by atoms with Crippen molar-refractivity contribution >= 4 is 15.9 Å². The van der Waals surface area contributed by atoms with Crippen molar-refractivity contribution in [3.8, 4) is 0 Å². The SMILES string of the molecule is CNC(Cc1ccc(Br)cc1)Cc1ccc2c(c1)CCC2. The van der Waals surface area contributed by atoms with E-state index in [1.807, 2.05) is 0 Å². The molecule has 2 aromatic rings. The molecule has 1 aliphatic rings. The van der Waals surface area contributed by atoms with Crippen LogP contribution >= 0.6 is 15.9 Å². The van der Waals surface area contributed by atoms with Gasteiger partial charge in [-0.25, -0.2) is 0 Å². The van der Waals surface area contributed by atoms with Gasteiger partial charge in [0.05, 0.1) is 0 Å². The molecule has 1 N–H and O–H groups in total. The van der Waals surface area contributed by atoms with Crippen LogP contribution in [0.4, 0.5) is 0 Å². The second-order valence-corrected chi connectivity index (χ2v) is 6.89. The molecule has 1 nitrogen and oxygen atoms in total. The van der Waals surface area contributed by atoms with Gasteiger partial charge in [-0.05, 0) is 73.5 Å². The predicted octanol–water partition coefficient (Wildman–Crippen LogP) is 4.31. The highest BCUT2D eigenvalue weighted by atomic mass is 79.9. The number of benzene rings is 2. The predicted molar refractivity (Wildman–Crippen MR) is 92.9 cm³/mol. The average Bonchev–Trinajstić information content (AvgIpc) is 2.96. The first-order valence-corrected chi connectivity index (χ1v) is 8.56. The maximum atomic E-state index is 3.50. The van der Waals surface area contributed by atoms with Crippen molar-refractivity contribution in [3.63, 3.8) is 0 Å². The highest BCUT2D eigenvalue weighted by Gasteiger charge is 2.13. The van der Waals surface area contributed by atoms with E-state index in [2.05, 4.69) is 70.8 Å². The van der Waals surface area contributed by atoms with Gasteiger partial charge in [-0.3, -0.25) is 0 Å². The second kappa shape index (κ2) is 6.76. The molecule has 0 saturated carbocycles. The van der Waals surface area contributed by atoms with Crippen molar-refractivity contribution in [2.24, 2.45) is 0 Å². The third-order valence-corrected chi connectivity index (χ3v) is 4.98. The topological polar surface area (TPSA) is 12.0 Å². The quantitative estimate of drug-likeness (QED) is 0.852. The van der Waals surface area contributed by atoms with Crippen molar-refractivity contribution in [3.05, 3.63) is 69.2 Å². The summed E-state index contributed by atoms with van der Waals surface area (Å²) in [6.45, 7) is 0. The first kappa shape index (κ1) is 14.8. The number of aryl methyl sites for hydroxylation is 2. The van der Waals surface area contributed by atoms with Gasteiger partial charge in [-0.1, -0.05) is 46.3 Å². The van der Waals surface area contributed by atoms with Gasteiger partial charge < -0.3 is 5.32 Å². The molecule has 0 aromatic heterocycles. The Morgan fingerprint density at radius 3 is 2.38 bits per heavy atom. The molecular formula is C19H22BrN. The number of hydrogen-bond donors (Lipinski definition) is 1. The van der Waals surface area contributed by atoms with Gasteiger partial charge in [-0.2, -0.15) is 0 Å². The lowest BCUT2D eigenvalue weighted by atomic mass is 9.97. The Morgan fingerprint density at radius 2 is 1.62 bits per heavy atom. The van der Waals surface area contributed by atoms with E-state index in [9.17, 15) is 0 Å². The van der Waals surface area contributed by atoms with E-state index >= 15 is 0 Å². The molecule has 110 valence electrons. The van der Waals surface area contributed by atoms with Crippen LogP contribution in [0.5, 0.6) is 0 Å². The molecule has 21 heavy (non-hydrogen) atoms. The number of halogens is 1. The number of rotatable bonds is 5. The summed E-state index contributed by atoms with van der Waals surface area (Å²) >= 11 is 3.50. The normalized spacial score (nSPS) is 15.0. The molecule has 1 aliphatic carbocycles. The summed E-state index contributed by atoms with van der Waals surface area (Å²) in [5.41, 5.74) is 5.99. The lowest BCUT2D eigenvalue weighted by Gasteiger charge is -2.17. The van der Waals surface area contributed by atoms with Crippen LogP contribution in [0, 0.1) is 0 Å². The Bertz CT molecular complexity index is 603. The highest BCUT2D eigenvalue weighted by Crippen LogP contribution is 2.23. The van der Waals surface area contributed by atoms with E-state index in [0.717, 1.165) is 17.3 Å². The van der Waals surface area contributed by atoms with Crippen molar-refractivity contribution in [2.45, 2.75) is 38.1 Å². The van der Waals surface area contributed by atoms with Gasteiger partial charge in [0, 0.05) is 10.5 Å². The Labute approximate surface area is 135 Å². The molecule has 3 rings (SSSR count). The maximum Gasteiger partial charge on any atom is 0.0175 e. The van der Waals surface area contributed by atoms with Gasteiger partial charge >= 0.3 is 0 Å². The Kier molecular flexibility index (Phi) is 4.77. The summed E-state index contributed by atoms with van der Waals surface area (Å²) in [6, 6.07) is 16.2. The van der Waals surface area contributed by atoms with Crippen molar-refractivity contribution in [2.75, 3.05) is 7.05 Å². The Hall–Kier alpha value is -1.12. The second-order valence-electron chi connectivity index (χ2n) is 5.98. The molecule has 0 saturated heterocycles. The minimum atomic E-state index is 0.491. The van der Waals surface area contributed by atoms with E-state index < -0.39 is 0 Å². The fourth-order valence-corrected chi connectivity index (χ4v) is 3.48. The highest BCUT2D eigenvalue weighted by molar-refractivity contribution is 9.10. The number of nitrogens with one attached hydrogen (secondary N) is 1. The molecule has 0 bridgehead atoms. The summed E-state index contributed by atoms with van der Waals surface area (Å²) in [4.78, 5) is 0. The molecule has 2 heteroatoms. The Morgan fingerprint density at radius 1 is 0.952 bits per heavy atom. The lowest BCUT2D eigenvalue weighted by Crippen LogP contribution is -2.29. The minimum absolute atomic E-state index is 0.491. The smallest absolute Gasteiger partial charge is 0.0175 e. The van der Waals surface area contributed by atoms with Crippen molar-refractivity contribution in [1.82, 2.24) is 5.32 Å². The zero-order valence-corrected chi connectivity index (χ0v) is 14.1. The van der Waals surface area contributed by atoms with Crippen LogP contribution in [0.25, 0.3) is 0 Å². The van der Waals surface area contributed by atoms with E-state index in [1.165, 1.54) is 30.4 Å². The molecule has 0 fully saturated rings. The standard InChI is InChI=1S/C19H22BrN/c1-21-19(12-14-6-9-18(20)10-7-14)13-15-5-8-16-3-2-4-17(16)11-15/h5-11,19,21H,2-4,12-13H2,1H3. The van der Waals surface area contributed by atoms with E-state index in [-0.39, 0.29) is 0 Å². The van der Waals surface area contributed by atoms with Crippen LogP contribution in [-0.2, 0) is 25.7 Å². The fourth-order valence-electron chi connectivity index (χ4n) is 3.22. The number of hydrogen-bond acceptors (Lipinski definition) is 1. The molecule has 0 amide bonds. The maximum absolute atomic E-state index is 3.50. The zero-order chi connectivity index (χ0) is 14.7. The lowest BCUT2D eigenvalue weighted by molar-refractivity contribution is 0.556.